The SMILES string of the molecule is CC(C)(C)OC(=O)N1CCC2(CC1)CC2CBr. The minimum absolute atomic E-state index is 0.150. The Kier molecular flexibility index (Phi) is 3.45. The van der Waals surface area contributed by atoms with Crippen LogP contribution in [0.25, 0.3) is 0 Å². The second-order valence-electron chi connectivity index (χ2n) is 6.39. The van der Waals surface area contributed by atoms with Gasteiger partial charge >= 0.3 is 6.09 Å². The third-order valence-corrected chi connectivity index (χ3v) is 4.74. The van der Waals surface area contributed by atoms with Crippen LogP contribution in [0.15, 0.2) is 0 Å². The van der Waals surface area contributed by atoms with Crippen molar-refractivity contribution in [1.29, 1.82) is 0 Å². The molecule has 0 N–H and O–H groups in total. The number of hydrogen-bond acceptors (Lipinski definition) is 2. The molecule has 1 atom stereocenters. The quantitative estimate of drug-likeness (QED) is 0.695. The number of carbonyl (C=O) groups is 1. The van der Waals surface area contributed by atoms with E-state index in [0.717, 1.165) is 37.2 Å². The smallest absolute Gasteiger partial charge is 0.410 e. The van der Waals surface area contributed by atoms with E-state index in [-0.39, 0.29) is 11.7 Å². The molecule has 98 valence electrons. The molecule has 0 aromatic carbocycles. The molecule has 1 unspecified atom stereocenters. The van der Waals surface area contributed by atoms with Crippen molar-refractivity contribution in [3.63, 3.8) is 0 Å². The number of alkyl halides is 1. The summed E-state index contributed by atoms with van der Waals surface area (Å²) in [5, 5.41) is 1.11. The number of halogens is 1. The average molecular weight is 304 g/mol. The average Bonchev–Trinajstić information content (AvgIpc) is 2.90. The Labute approximate surface area is 112 Å². The van der Waals surface area contributed by atoms with Gasteiger partial charge in [-0.05, 0) is 51.4 Å². The van der Waals surface area contributed by atoms with Gasteiger partial charge in [-0.1, -0.05) is 15.9 Å². The minimum Gasteiger partial charge on any atom is -0.444 e. The molecule has 17 heavy (non-hydrogen) atoms. The van der Waals surface area contributed by atoms with Gasteiger partial charge in [0.25, 0.3) is 0 Å². The van der Waals surface area contributed by atoms with Gasteiger partial charge in [0, 0.05) is 18.4 Å². The lowest BCUT2D eigenvalue weighted by molar-refractivity contribution is 0.0167. The number of piperidine rings is 1. The van der Waals surface area contributed by atoms with Crippen LogP contribution in [0.1, 0.15) is 40.0 Å². The van der Waals surface area contributed by atoms with E-state index in [0.29, 0.717) is 5.41 Å². The van der Waals surface area contributed by atoms with Crippen LogP contribution in [0.2, 0.25) is 0 Å². The highest BCUT2D eigenvalue weighted by Crippen LogP contribution is 2.59. The molecule has 2 fully saturated rings. The van der Waals surface area contributed by atoms with Crippen molar-refractivity contribution in [2.45, 2.75) is 45.6 Å². The first kappa shape index (κ1) is 13.2. The Morgan fingerprint density at radius 1 is 1.41 bits per heavy atom. The maximum atomic E-state index is 11.9. The molecular formula is C13H22BrNO2. The summed E-state index contributed by atoms with van der Waals surface area (Å²) >= 11 is 3.57. The zero-order chi connectivity index (χ0) is 12.7. The highest BCUT2D eigenvalue weighted by Gasteiger charge is 2.54. The second-order valence-corrected chi connectivity index (χ2v) is 7.03. The van der Waals surface area contributed by atoms with Crippen LogP contribution >= 0.6 is 15.9 Å². The zero-order valence-electron chi connectivity index (χ0n) is 11.0. The summed E-state index contributed by atoms with van der Waals surface area (Å²) in [6.45, 7) is 7.46. The van der Waals surface area contributed by atoms with Gasteiger partial charge in [-0.15, -0.1) is 0 Å². The van der Waals surface area contributed by atoms with E-state index in [1.54, 1.807) is 0 Å². The first-order valence-electron chi connectivity index (χ1n) is 6.40. The summed E-state index contributed by atoms with van der Waals surface area (Å²) in [6, 6.07) is 0. The van der Waals surface area contributed by atoms with Crippen LogP contribution in [0.3, 0.4) is 0 Å². The lowest BCUT2D eigenvalue weighted by Crippen LogP contribution is -2.42. The Morgan fingerprint density at radius 3 is 2.41 bits per heavy atom. The molecule has 2 rings (SSSR count). The number of rotatable bonds is 1. The van der Waals surface area contributed by atoms with Crippen LogP contribution in [0, 0.1) is 11.3 Å². The molecule has 3 nitrogen and oxygen atoms in total. The van der Waals surface area contributed by atoms with Crippen LogP contribution in [-0.4, -0.2) is 35.0 Å². The predicted octanol–water partition coefficient (Wildman–Crippen LogP) is 3.42. The molecule has 1 spiro atoms. The molecule has 0 aromatic rings. The van der Waals surface area contributed by atoms with Crippen molar-refractivity contribution in [1.82, 2.24) is 4.90 Å². The molecule has 2 aliphatic rings. The van der Waals surface area contributed by atoms with Gasteiger partial charge in [-0.2, -0.15) is 0 Å². The van der Waals surface area contributed by atoms with Crippen LogP contribution < -0.4 is 0 Å². The van der Waals surface area contributed by atoms with E-state index >= 15 is 0 Å². The van der Waals surface area contributed by atoms with E-state index in [1.165, 1.54) is 6.42 Å². The molecule has 1 heterocycles. The van der Waals surface area contributed by atoms with Gasteiger partial charge in [0.1, 0.15) is 5.60 Å². The highest BCUT2D eigenvalue weighted by molar-refractivity contribution is 9.09. The van der Waals surface area contributed by atoms with E-state index in [9.17, 15) is 4.79 Å². The number of amides is 1. The number of nitrogens with zero attached hydrogens (tertiary/aromatic N) is 1. The number of hydrogen-bond donors (Lipinski definition) is 0. The number of carbonyl (C=O) groups excluding carboxylic acids is 1. The molecule has 4 heteroatoms. The van der Waals surface area contributed by atoms with Crippen molar-refractivity contribution in [3.8, 4) is 0 Å². The predicted molar refractivity (Wildman–Crippen MR) is 71.4 cm³/mol. The van der Waals surface area contributed by atoms with Crippen molar-refractivity contribution in [2.24, 2.45) is 11.3 Å². The van der Waals surface area contributed by atoms with Gasteiger partial charge in [-0.3, -0.25) is 0 Å². The largest absolute Gasteiger partial charge is 0.444 e. The minimum atomic E-state index is -0.385. The summed E-state index contributed by atoms with van der Waals surface area (Å²) in [4.78, 5) is 13.8. The fourth-order valence-electron chi connectivity index (χ4n) is 2.72. The number of ether oxygens (including phenoxy) is 1. The van der Waals surface area contributed by atoms with Crippen LogP contribution in [-0.2, 0) is 4.74 Å². The third kappa shape index (κ3) is 2.95. The van der Waals surface area contributed by atoms with Crippen LogP contribution in [0.5, 0.6) is 0 Å². The molecule has 0 bridgehead atoms. The maximum absolute atomic E-state index is 11.9. The number of likely N-dealkylation sites (tertiary alicyclic amines) is 1. The first-order valence-corrected chi connectivity index (χ1v) is 7.52. The Hall–Kier alpha value is -0.250. The Bertz CT molecular complexity index is 303. The van der Waals surface area contributed by atoms with E-state index < -0.39 is 0 Å². The summed E-state index contributed by atoms with van der Waals surface area (Å²) in [5.74, 6) is 0.836. The van der Waals surface area contributed by atoms with Gasteiger partial charge in [0.2, 0.25) is 0 Å². The monoisotopic (exact) mass is 303 g/mol. The topological polar surface area (TPSA) is 29.5 Å². The summed E-state index contributed by atoms with van der Waals surface area (Å²) < 4.78 is 5.40. The van der Waals surface area contributed by atoms with Gasteiger partial charge in [0.15, 0.2) is 0 Å². The molecule has 0 aromatic heterocycles. The molecule has 1 saturated carbocycles. The van der Waals surface area contributed by atoms with Gasteiger partial charge in [0.05, 0.1) is 0 Å². The molecule has 1 aliphatic heterocycles. The van der Waals surface area contributed by atoms with E-state index in [4.69, 9.17) is 4.74 Å². The fraction of sp³-hybridized carbons (Fsp3) is 0.923. The summed E-state index contributed by atoms with van der Waals surface area (Å²) in [5.41, 5.74) is 0.159. The first-order chi connectivity index (χ1) is 7.86. The lowest BCUT2D eigenvalue weighted by atomic mass is 9.91. The second kappa shape index (κ2) is 4.45. The normalized spacial score (nSPS) is 27.1. The van der Waals surface area contributed by atoms with Gasteiger partial charge < -0.3 is 9.64 Å². The van der Waals surface area contributed by atoms with E-state index in [1.807, 2.05) is 25.7 Å². The molecule has 1 saturated heterocycles. The Morgan fingerprint density at radius 2 is 2.00 bits per heavy atom. The van der Waals surface area contributed by atoms with Gasteiger partial charge in [-0.25, -0.2) is 4.79 Å². The standard InChI is InChI=1S/C13H22BrNO2/c1-12(2,3)17-11(16)15-6-4-13(5-7-15)8-10(13)9-14/h10H,4-9H2,1-3H3. The van der Waals surface area contributed by atoms with Crippen molar-refractivity contribution in [3.05, 3.63) is 0 Å². The molecule has 1 amide bonds. The molecular weight excluding hydrogens is 282 g/mol. The fourth-order valence-corrected chi connectivity index (χ4v) is 3.64. The van der Waals surface area contributed by atoms with E-state index in [2.05, 4.69) is 15.9 Å². The van der Waals surface area contributed by atoms with Crippen molar-refractivity contribution in [2.75, 3.05) is 18.4 Å². The van der Waals surface area contributed by atoms with Crippen LogP contribution in [0.4, 0.5) is 4.79 Å². The summed E-state index contributed by atoms with van der Waals surface area (Å²) in [7, 11) is 0. The summed E-state index contributed by atoms with van der Waals surface area (Å²) in [6.07, 6.45) is 3.47. The van der Waals surface area contributed by atoms with Crippen molar-refractivity contribution >= 4 is 22.0 Å². The lowest BCUT2D eigenvalue weighted by Gasteiger charge is -2.34. The maximum Gasteiger partial charge on any atom is 0.410 e. The molecule has 1 aliphatic carbocycles. The molecule has 0 radical (unpaired) electrons. The van der Waals surface area contributed by atoms with Crippen molar-refractivity contribution < 1.29 is 9.53 Å². The third-order valence-electron chi connectivity index (χ3n) is 3.96. The Balaban J connectivity index is 1.82. The zero-order valence-corrected chi connectivity index (χ0v) is 12.5. The highest BCUT2D eigenvalue weighted by atomic mass is 79.9.